The van der Waals surface area contributed by atoms with E-state index in [0.29, 0.717) is 11.8 Å². The average Bonchev–Trinajstić information content (AvgIpc) is 2.79. The molecule has 0 saturated carbocycles. The second-order valence-corrected chi connectivity index (χ2v) is 8.41. The predicted molar refractivity (Wildman–Crippen MR) is 139 cm³/mol. The molecular weight excluding hydrogens is 382 g/mol. The number of anilines is 4. The summed E-state index contributed by atoms with van der Waals surface area (Å²) in [5, 5.41) is 11.4. The molecule has 5 nitrogen and oxygen atoms in total. The van der Waals surface area contributed by atoms with Crippen molar-refractivity contribution in [3.8, 4) is 0 Å². The molecule has 2 unspecified atom stereocenters. The van der Waals surface area contributed by atoms with E-state index < -0.39 is 0 Å². The number of nitrogens with zero attached hydrogens (tertiary/aromatic N) is 1. The Kier molecular flexibility index (Phi) is 9.73. The minimum atomic E-state index is 0.545. The molecule has 0 aliphatic rings. The zero-order valence-electron chi connectivity index (χ0n) is 20.1. The highest BCUT2D eigenvalue weighted by Gasteiger charge is 2.11. The molecule has 2 atom stereocenters. The van der Waals surface area contributed by atoms with Crippen LogP contribution in [0.3, 0.4) is 0 Å². The fraction of sp³-hybridized carbons (Fsp3) is 0.462. The molecule has 0 spiro atoms. The first-order valence-corrected chi connectivity index (χ1v) is 11.4. The number of hydrogen-bond donors (Lipinski definition) is 4. The number of nitrogens with two attached hydrogens (primary N) is 1. The van der Waals surface area contributed by atoms with E-state index in [1.165, 1.54) is 36.1 Å². The topological polar surface area (TPSA) is 65.3 Å². The summed E-state index contributed by atoms with van der Waals surface area (Å²) in [4.78, 5) is 0. The van der Waals surface area contributed by atoms with E-state index in [9.17, 15) is 0 Å². The summed E-state index contributed by atoms with van der Waals surface area (Å²) < 4.78 is 0. The van der Waals surface area contributed by atoms with Gasteiger partial charge in [0.15, 0.2) is 0 Å². The van der Waals surface area contributed by atoms with Crippen molar-refractivity contribution in [1.82, 2.24) is 0 Å². The first-order chi connectivity index (χ1) is 14.9. The molecule has 170 valence electrons. The van der Waals surface area contributed by atoms with Crippen LogP contribution in [0, 0.1) is 11.8 Å². The zero-order chi connectivity index (χ0) is 22.8. The second kappa shape index (κ2) is 12.3. The summed E-state index contributed by atoms with van der Waals surface area (Å²) in [6.07, 6.45) is 9.33. The normalized spacial score (nSPS) is 13.1. The van der Waals surface area contributed by atoms with Crippen LogP contribution >= 0.6 is 0 Å². The third kappa shape index (κ3) is 7.21. The van der Waals surface area contributed by atoms with Crippen LogP contribution in [0.2, 0.25) is 0 Å². The van der Waals surface area contributed by atoms with Crippen LogP contribution in [-0.2, 0) is 6.42 Å². The SMILES string of the molecule is CCC(CCC(C)/C=C/c1ccc(N(C)N)c(NC)c1)Cc1ccc(NC)c(NC)c1. The van der Waals surface area contributed by atoms with Gasteiger partial charge in [0, 0.05) is 28.2 Å². The standard InChI is InChI=1S/C26H41N5/c1-7-20(16-22-12-14-23(28-3)24(18-22)29-4)10-8-19(2)9-11-21-13-15-26(31(6)27)25(17-21)30-5/h9,11-15,17-20,28-30H,7-8,10,16,27H2,1-6H3/b11-9+. The Morgan fingerprint density at radius 3 is 2.26 bits per heavy atom. The fourth-order valence-electron chi connectivity index (χ4n) is 3.96. The second-order valence-electron chi connectivity index (χ2n) is 8.41. The maximum atomic E-state index is 5.90. The van der Waals surface area contributed by atoms with Gasteiger partial charge in [-0.2, -0.15) is 0 Å². The summed E-state index contributed by atoms with van der Waals surface area (Å²) in [6, 6.07) is 13.0. The monoisotopic (exact) mass is 423 g/mol. The van der Waals surface area contributed by atoms with Gasteiger partial charge < -0.3 is 21.0 Å². The van der Waals surface area contributed by atoms with Crippen molar-refractivity contribution in [3.63, 3.8) is 0 Å². The first kappa shape index (κ1) is 24.6. The lowest BCUT2D eigenvalue weighted by molar-refractivity contribution is 0.425. The number of hydrogen-bond acceptors (Lipinski definition) is 5. The minimum absolute atomic E-state index is 0.545. The van der Waals surface area contributed by atoms with Crippen LogP contribution in [-0.4, -0.2) is 28.2 Å². The number of hydrazine groups is 1. The van der Waals surface area contributed by atoms with E-state index >= 15 is 0 Å². The Morgan fingerprint density at radius 1 is 0.935 bits per heavy atom. The first-order valence-electron chi connectivity index (χ1n) is 11.4. The van der Waals surface area contributed by atoms with E-state index in [2.05, 4.69) is 78.3 Å². The van der Waals surface area contributed by atoms with Crippen molar-refractivity contribution in [2.45, 2.75) is 39.5 Å². The van der Waals surface area contributed by atoms with Crippen LogP contribution in [0.1, 0.15) is 44.2 Å². The lowest BCUT2D eigenvalue weighted by Gasteiger charge is -2.18. The lowest BCUT2D eigenvalue weighted by Crippen LogP contribution is -2.25. The summed E-state index contributed by atoms with van der Waals surface area (Å²) >= 11 is 0. The molecule has 2 aromatic rings. The van der Waals surface area contributed by atoms with Gasteiger partial charge >= 0.3 is 0 Å². The maximum absolute atomic E-state index is 5.90. The molecule has 0 radical (unpaired) electrons. The third-order valence-corrected chi connectivity index (χ3v) is 6.04. The Bertz CT molecular complexity index is 844. The molecule has 5 N–H and O–H groups in total. The minimum Gasteiger partial charge on any atom is -0.386 e. The van der Waals surface area contributed by atoms with Crippen molar-refractivity contribution in [1.29, 1.82) is 0 Å². The van der Waals surface area contributed by atoms with E-state index in [4.69, 9.17) is 5.84 Å². The quantitative estimate of drug-likeness (QED) is 0.256. The molecule has 0 fully saturated rings. The zero-order valence-corrected chi connectivity index (χ0v) is 20.1. The van der Waals surface area contributed by atoms with E-state index in [1.54, 1.807) is 5.01 Å². The number of nitrogens with one attached hydrogen (secondary N) is 3. The van der Waals surface area contributed by atoms with Gasteiger partial charge in [-0.25, -0.2) is 5.84 Å². The van der Waals surface area contributed by atoms with Gasteiger partial charge in [0.05, 0.1) is 22.7 Å². The maximum Gasteiger partial charge on any atom is 0.0745 e. The van der Waals surface area contributed by atoms with Crippen molar-refractivity contribution in [3.05, 3.63) is 53.6 Å². The predicted octanol–water partition coefficient (Wildman–Crippen LogP) is 5.82. The molecule has 0 aromatic heterocycles. The molecule has 0 aliphatic carbocycles. The molecule has 5 heteroatoms. The van der Waals surface area contributed by atoms with Crippen molar-refractivity contribution in [2.24, 2.45) is 17.7 Å². The molecule has 2 rings (SSSR count). The Morgan fingerprint density at radius 2 is 1.65 bits per heavy atom. The number of rotatable bonds is 12. The Labute approximate surface area is 189 Å². The molecule has 0 heterocycles. The van der Waals surface area contributed by atoms with Gasteiger partial charge in [-0.3, -0.25) is 0 Å². The number of benzene rings is 2. The van der Waals surface area contributed by atoms with Gasteiger partial charge in [0.1, 0.15) is 0 Å². The molecular formula is C26H41N5. The highest BCUT2D eigenvalue weighted by atomic mass is 15.4. The summed E-state index contributed by atoms with van der Waals surface area (Å²) in [5.41, 5.74) is 6.93. The molecule has 31 heavy (non-hydrogen) atoms. The smallest absolute Gasteiger partial charge is 0.0745 e. The van der Waals surface area contributed by atoms with Crippen LogP contribution in [0.5, 0.6) is 0 Å². The largest absolute Gasteiger partial charge is 0.386 e. The van der Waals surface area contributed by atoms with Crippen LogP contribution in [0.25, 0.3) is 6.08 Å². The van der Waals surface area contributed by atoms with Gasteiger partial charge in [0.25, 0.3) is 0 Å². The van der Waals surface area contributed by atoms with E-state index in [1.807, 2.05) is 28.2 Å². The van der Waals surface area contributed by atoms with Gasteiger partial charge in [0.2, 0.25) is 0 Å². The lowest BCUT2D eigenvalue weighted by atomic mass is 9.89. The summed E-state index contributed by atoms with van der Waals surface area (Å²) in [7, 11) is 7.72. The van der Waals surface area contributed by atoms with Crippen LogP contribution in [0.15, 0.2) is 42.5 Å². The van der Waals surface area contributed by atoms with Crippen molar-refractivity contribution >= 4 is 28.8 Å². The van der Waals surface area contributed by atoms with Crippen molar-refractivity contribution < 1.29 is 0 Å². The average molecular weight is 424 g/mol. The molecule has 0 bridgehead atoms. The van der Waals surface area contributed by atoms with Crippen molar-refractivity contribution in [2.75, 3.05) is 49.1 Å². The molecule has 0 amide bonds. The number of allylic oxidation sites excluding steroid dienone is 1. The van der Waals surface area contributed by atoms with Gasteiger partial charge in [-0.05, 0) is 66.5 Å². The summed E-state index contributed by atoms with van der Waals surface area (Å²) in [5.74, 6) is 7.15. The Balaban J connectivity index is 1.94. The molecule has 0 saturated heterocycles. The third-order valence-electron chi connectivity index (χ3n) is 6.04. The highest BCUT2D eigenvalue weighted by Crippen LogP contribution is 2.28. The fourth-order valence-corrected chi connectivity index (χ4v) is 3.96. The highest BCUT2D eigenvalue weighted by molar-refractivity contribution is 5.73. The van der Waals surface area contributed by atoms with Gasteiger partial charge in [-0.15, -0.1) is 0 Å². The molecule has 2 aromatic carbocycles. The van der Waals surface area contributed by atoms with Crippen LogP contribution in [0.4, 0.5) is 22.7 Å². The Hall–Kier alpha value is -2.66. The van der Waals surface area contributed by atoms with Crippen LogP contribution < -0.4 is 26.8 Å². The van der Waals surface area contributed by atoms with E-state index in [0.717, 1.165) is 23.5 Å². The van der Waals surface area contributed by atoms with Gasteiger partial charge in [-0.1, -0.05) is 44.6 Å². The van der Waals surface area contributed by atoms with E-state index in [-0.39, 0.29) is 0 Å². The summed E-state index contributed by atoms with van der Waals surface area (Å²) in [6.45, 7) is 4.62. The molecule has 0 aliphatic heterocycles.